The van der Waals surface area contributed by atoms with Crippen LogP contribution in [0.4, 0.5) is 0 Å². The minimum absolute atomic E-state index is 0.497. The Hall–Kier alpha value is -1.68. The molecule has 0 aromatic rings. The number of carbonyl (C=O) groups excluding carboxylic acids is 2. The van der Waals surface area contributed by atoms with Gasteiger partial charge < -0.3 is 15.6 Å². The van der Waals surface area contributed by atoms with Gasteiger partial charge in [-0.05, 0) is 6.42 Å². The number of esters is 1. The van der Waals surface area contributed by atoms with Gasteiger partial charge in [0.1, 0.15) is 6.04 Å². The number of ether oxygens (including phenoxy) is 1. The molecular formula is C9H15N3O3. The third kappa shape index (κ3) is 5.59. The zero-order valence-corrected chi connectivity index (χ0v) is 8.90. The van der Waals surface area contributed by atoms with Crippen LogP contribution in [0, 0.1) is 0 Å². The molecule has 0 aliphatic heterocycles. The molecule has 1 amide bonds. The van der Waals surface area contributed by atoms with Crippen molar-refractivity contribution in [3.8, 4) is 0 Å². The SMILES string of the molecule is CCCCC(NC(=O)C=[N+]=[N-])C(=O)OC. The number of hydrogen-bond acceptors (Lipinski definition) is 3. The van der Waals surface area contributed by atoms with Gasteiger partial charge in [0.25, 0.3) is 0 Å². The maximum absolute atomic E-state index is 11.2. The number of hydrogen-bond donors (Lipinski definition) is 1. The second-order valence-corrected chi connectivity index (χ2v) is 2.97. The van der Waals surface area contributed by atoms with Crippen LogP contribution in [-0.2, 0) is 14.3 Å². The smallest absolute Gasteiger partial charge is 0.344 e. The first kappa shape index (κ1) is 13.3. The third-order valence-corrected chi connectivity index (χ3v) is 1.82. The summed E-state index contributed by atoms with van der Waals surface area (Å²) in [4.78, 5) is 24.8. The lowest BCUT2D eigenvalue weighted by Crippen LogP contribution is -2.42. The standard InChI is InChI=1S/C9H15N3O3/c1-3-4-5-7(9(14)15-2)12-8(13)6-11-10/h6-7H,3-5H2,1-2H3,(H,12,13). The van der Waals surface area contributed by atoms with Gasteiger partial charge in [-0.3, -0.25) is 4.79 Å². The average molecular weight is 213 g/mol. The summed E-state index contributed by atoms with van der Waals surface area (Å²) >= 11 is 0. The molecule has 0 rings (SSSR count). The number of carbonyl (C=O) groups is 2. The Morgan fingerprint density at radius 2 is 2.27 bits per heavy atom. The second-order valence-electron chi connectivity index (χ2n) is 2.97. The van der Waals surface area contributed by atoms with Gasteiger partial charge in [0, 0.05) is 0 Å². The molecule has 0 saturated carbocycles. The van der Waals surface area contributed by atoms with E-state index >= 15 is 0 Å². The molecule has 15 heavy (non-hydrogen) atoms. The van der Waals surface area contributed by atoms with Crippen molar-refractivity contribution < 1.29 is 19.1 Å². The molecular weight excluding hydrogens is 198 g/mol. The number of rotatable bonds is 6. The molecule has 0 aromatic heterocycles. The molecule has 0 aliphatic rings. The van der Waals surface area contributed by atoms with Crippen LogP contribution in [0.3, 0.4) is 0 Å². The maximum atomic E-state index is 11.2. The Morgan fingerprint density at radius 1 is 1.60 bits per heavy atom. The zero-order chi connectivity index (χ0) is 11.7. The molecule has 0 spiro atoms. The first-order valence-corrected chi connectivity index (χ1v) is 4.71. The summed E-state index contributed by atoms with van der Waals surface area (Å²) < 4.78 is 4.53. The highest BCUT2D eigenvalue weighted by Gasteiger charge is 2.21. The van der Waals surface area contributed by atoms with E-state index in [-0.39, 0.29) is 0 Å². The lowest BCUT2D eigenvalue weighted by Gasteiger charge is -2.13. The number of methoxy groups -OCH3 is 1. The van der Waals surface area contributed by atoms with E-state index in [4.69, 9.17) is 5.53 Å². The Balaban J connectivity index is 4.29. The molecule has 1 N–H and O–H groups in total. The average Bonchev–Trinajstić information content (AvgIpc) is 2.23. The van der Waals surface area contributed by atoms with Gasteiger partial charge in [-0.25, -0.2) is 4.79 Å². The summed E-state index contributed by atoms with van der Waals surface area (Å²) in [6.45, 7) is 1.98. The molecule has 0 radical (unpaired) electrons. The summed E-state index contributed by atoms with van der Waals surface area (Å²) in [5.74, 6) is -1.12. The summed E-state index contributed by atoms with van der Waals surface area (Å²) in [5, 5.41) is 2.38. The Bertz CT molecular complexity index is 272. The molecule has 6 heteroatoms. The van der Waals surface area contributed by atoms with Gasteiger partial charge in [-0.2, -0.15) is 4.79 Å². The maximum Gasteiger partial charge on any atom is 0.344 e. The molecule has 84 valence electrons. The van der Waals surface area contributed by atoms with Crippen LogP contribution in [0.15, 0.2) is 0 Å². The van der Waals surface area contributed by atoms with Crippen LogP contribution in [0.25, 0.3) is 5.53 Å². The summed E-state index contributed by atoms with van der Waals surface area (Å²) in [7, 11) is 1.26. The second kappa shape index (κ2) is 7.70. The van der Waals surface area contributed by atoms with E-state index in [2.05, 4.69) is 14.8 Å². The van der Waals surface area contributed by atoms with Crippen molar-refractivity contribution in [1.29, 1.82) is 0 Å². The Morgan fingerprint density at radius 3 is 2.73 bits per heavy atom. The van der Waals surface area contributed by atoms with Crippen LogP contribution in [0.1, 0.15) is 26.2 Å². The van der Waals surface area contributed by atoms with Crippen molar-refractivity contribution >= 4 is 18.1 Å². The first-order chi connectivity index (χ1) is 7.15. The van der Waals surface area contributed by atoms with E-state index in [1.54, 1.807) is 0 Å². The van der Waals surface area contributed by atoms with Gasteiger partial charge >= 0.3 is 18.1 Å². The molecule has 1 unspecified atom stereocenters. The molecule has 0 bridgehead atoms. The fourth-order valence-electron chi connectivity index (χ4n) is 1.06. The van der Waals surface area contributed by atoms with E-state index in [9.17, 15) is 9.59 Å². The molecule has 0 saturated heterocycles. The normalized spacial score (nSPS) is 11.1. The van der Waals surface area contributed by atoms with Crippen molar-refractivity contribution in [3.63, 3.8) is 0 Å². The topological polar surface area (TPSA) is 91.8 Å². The van der Waals surface area contributed by atoms with Crippen molar-refractivity contribution in [2.24, 2.45) is 0 Å². The highest BCUT2D eigenvalue weighted by molar-refractivity contribution is 6.24. The van der Waals surface area contributed by atoms with Crippen LogP contribution in [-0.4, -0.2) is 36.0 Å². The number of nitrogens with one attached hydrogen (secondary N) is 1. The van der Waals surface area contributed by atoms with Crippen molar-refractivity contribution in [3.05, 3.63) is 5.53 Å². The van der Waals surface area contributed by atoms with E-state index in [1.807, 2.05) is 6.92 Å². The summed E-state index contributed by atoms with van der Waals surface area (Å²) in [6.07, 6.45) is 2.92. The monoisotopic (exact) mass is 213 g/mol. The highest BCUT2D eigenvalue weighted by Crippen LogP contribution is 2.01. The van der Waals surface area contributed by atoms with Gasteiger partial charge in [-0.15, -0.1) is 0 Å². The molecule has 6 nitrogen and oxygen atoms in total. The lowest BCUT2D eigenvalue weighted by atomic mass is 10.1. The highest BCUT2D eigenvalue weighted by atomic mass is 16.5. The van der Waals surface area contributed by atoms with Crippen molar-refractivity contribution in [2.45, 2.75) is 32.2 Å². The zero-order valence-electron chi connectivity index (χ0n) is 8.90. The molecule has 0 aromatic carbocycles. The van der Waals surface area contributed by atoms with Gasteiger partial charge in [-0.1, -0.05) is 19.8 Å². The van der Waals surface area contributed by atoms with Crippen molar-refractivity contribution in [2.75, 3.05) is 7.11 Å². The predicted molar refractivity (Wildman–Crippen MR) is 53.2 cm³/mol. The lowest BCUT2D eigenvalue weighted by molar-refractivity contribution is -0.144. The van der Waals surface area contributed by atoms with E-state index < -0.39 is 17.9 Å². The van der Waals surface area contributed by atoms with Gasteiger partial charge in [0.2, 0.25) is 0 Å². The van der Waals surface area contributed by atoms with E-state index in [0.717, 1.165) is 12.8 Å². The minimum Gasteiger partial charge on any atom is -0.467 e. The first-order valence-electron chi connectivity index (χ1n) is 4.71. The largest absolute Gasteiger partial charge is 0.467 e. The number of nitrogens with zero attached hydrogens (tertiary/aromatic N) is 2. The van der Waals surface area contributed by atoms with E-state index in [1.165, 1.54) is 7.11 Å². The quantitative estimate of drug-likeness (QED) is 0.294. The summed E-state index contributed by atoms with van der Waals surface area (Å²) in [6, 6.07) is -0.680. The summed E-state index contributed by atoms with van der Waals surface area (Å²) in [5.41, 5.74) is 8.11. The number of amides is 1. The van der Waals surface area contributed by atoms with Gasteiger partial charge in [0.15, 0.2) is 0 Å². The minimum atomic E-state index is -0.680. The predicted octanol–water partition coefficient (Wildman–Crippen LogP) is 0.135. The molecule has 0 fully saturated rings. The molecule has 0 aliphatic carbocycles. The van der Waals surface area contributed by atoms with Crippen LogP contribution < -0.4 is 5.32 Å². The Labute approximate surface area is 88.2 Å². The number of unbranched alkanes of at least 4 members (excludes halogenated alkanes) is 1. The molecule has 1 atom stereocenters. The van der Waals surface area contributed by atoms with Crippen LogP contribution in [0.2, 0.25) is 0 Å². The van der Waals surface area contributed by atoms with Gasteiger partial charge in [0.05, 0.1) is 7.11 Å². The molecule has 0 heterocycles. The fourth-order valence-corrected chi connectivity index (χ4v) is 1.06. The Kier molecular flexibility index (Phi) is 6.84. The van der Waals surface area contributed by atoms with Crippen LogP contribution >= 0.6 is 0 Å². The fraction of sp³-hybridized carbons (Fsp3) is 0.667. The van der Waals surface area contributed by atoms with Crippen LogP contribution in [0.5, 0.6) is 0 Å². The third-order valence-electron chi connectivity index (χ3n) is 1.82. The van der Waals surface area contributed by atoms with Crippen molar-refractivity contribution in [1.82, 2.24) is 5.32 Å². The van der Waals surface area contributed by atoms with E-state index in [0.29, 0.717) is 12.6 Å².